The predicted octanol–water partition coefficient (Wildman–Crippen LogP) is 2.92. The van der Waals surface area contributed by atoms with Crippen molar-refractivity contribution in [3.63, 3.8) is 0 Å². The van der Waals surface area contributed by atoms with Crippen molar-refractivity contribution in [2.75, 3.05) is 13.3 Å². The van der Waals surface area contributed by atoms with Gasteiger partial charge in [-0.15, -0.1) is 0 Å². The van der Waals surface area contributed by atoms with Crippen LogP contribution in [0.4, 0.5) is 0 Å². The molecule has 0 aromatic carbocycles. The van der Waals surface area contributed by atoms with Gasteiger partial charge in [-0.25, -0.2) is 0 Å². The Bertz CT molecular complexity index is 258. The Balaban J connectivity index is 2.74. The van der Waals surface area contributed by atoms with E-state index in [0.717, 1.165) is 12.3 Å². The molecule has 80 valence electrons. The van der Waals surface area contributed by atoms with Crippen LogP contribution in [-0.4, -0.2) is 23.7 Å². The lowest BCUT2D eigenvalue weighted by atomic mass is 10.0. The second-order valence-electron chi connectivity index (χ2n) is 4.79. The van der Waals surface area contributed by atoms with Crippen LogP contribution in [0.1, 0.15) is 34.6 Å². The van der Waals surface area contributed by atoms with Crippen LogP contribution in [0, 0.1) is 0 Å². The summed E-state index contributed by atoms with van der Waals surface area (Å²) in [4.78, 5) is 2.33. The summed E-state index contributed by atoms with van der Waals surface area (Å²) >= 11 is 0. The summed E-state index contributed by atoms with van der Waals surface area (Å²) < 4.78 is 5.69. The van der Waals surface area contributed by atoms with Crippen molar-refractivity contribution in [2.24, 2.45) is 0 Å². The van der Waals surface area contributed by atoms with Crippen LogP contribution < -0.4 is 0 Å². The molecule has 14 heavy (non-hydrogen) atoms. The van der Waals surface area contributed by atoms with Gasteiger partial charge in [0.2, 0.25) is 0 Å². The van der Waals surface area contributed by atoms with Crippen LogP contribution in [0.2, 0.25) is 0 Å². The molecule has 0 spiro atoms. The summed E-state index contributed by atoms with van der Waals surface area (Å²) in [5.41, 5.74) is 1.49. The Morgan fingerprint density at radius 2 is 2.00 bits per heavy atom. The van der Waals surface area contributed by atoms with E-state index in [1.54, 1.807) is 0 Å². The first-order valence-corrected chi connectivity index (χ1v) is 5.15. The smallest absolute Gasteiger partial charge is 0.142 e. The van der Waals surface area contributed by atoms with Crippen LogP contribution in [0.5, 0.6) is 0 Å². The number of rotatable bonds is 1. The van der Waals surface area contributed by atoms with Crippen molar-refractivity contribution in [3.8, 4) is 0 Å². The molecule has 0 saturated heterocycles. The molecule has 1 rings (SSSR count). The molecule has 0 unspecified atom stereocenters. The predicted molar refractivity (Wildman–Crippen MR) is 59.9 cm³/mol. The number of hydrogen-bond acceptors (Lipinski definition) is 2. The minimum atomic E-state index is 0.183. The maximum Gasteiger partial charge on any atom is 0.142 e. The monoisotopic (exact) mass is 195 g/mol. The largest absolute Gasteiger partial charge is 0.478 e. The molecular weight excluding hydrogens is 174 g/mol. The van der Waals surface area contributed by atoms with Crippen molar-refractivity contribution < 1.29 is 4.74 Å². The van der Waals surface area contributed by atoms with Crippen LogP contribution in [0.15, 0.2) is 23.5 Å². The number of hydrogen-bond donors (Lipinski definition) is 0. The number of nitrogens with zero attached hydrogens (tertiary/aromatic N) is 1. The zero-order valence-corrected chi connectivity index (χ0v) is 9.92. The van der Waals surface area contributed by atoms with Crippen molar-refractivity contribution in [2.45, 2.75) is 40.2 Å². The highest BCUT2D eigenvalue weighted by Gasteiger charge is 2.25. The minimum Gasteiger partial charge on any atom is -0.478 e. The van der Waals surface area contributed by atoms with Gasteiger partial charge in [0.25, 0.3) is 0 Å². The van der Waals surface area contributed by atoms with Gasteiger partial charge in [0.05, 0.1) is 0 Å². The zero-order valence-electron chi connectivity index (χ0n) is 9.92. The van der Waals surface area contributed by atoms with Crippen molar-refractivity contribution >= 4 is 0 Å². The van der Waals surface area contributed by atoms with E-state index in [-0.39, 0.29) is 5.54 Å². The average molecular weight is 195 g/mol. The number of allylic oxidation sites excluding steroid dienone is 2. The van der Waals surface area contributed by atoms with Crippen LogP contribution in [0.25, 0.3) is 0 Å². The van der Waals surface area contributed by atoms with E-state index in [9.17, 15) is 0 Å². The number of ether oxygens (including phenoxy) is 1. The van der Waals surface area contributed by atoms with Crippen LogP contribution in [0.3, 0.4) is 0 Å². The van der Waals surface area contributed by atoms with E-state index in [0.29, 0.717) is 6.73 Å². The van der Waals surface area contributed by atoms with E-state index in [2.05, 4.69) is 32.6 Å². The fraction of sp³-hybridized carbons (Fsp3) is 0.667. The lowest BCUT2D eigenvalue weighted by molar-refractivity contribution is 0.00489. The summed E-state index contributed by atoms with van der Waals surface area (Å²) in [6.45, 7) is 12.5. The highest BCUT2D eigenvalue weighted by Crippen LogP contribution is 2.22. The molecule has 0 bridgehead atoms. The summed E-state index contributed by atoms with van der Waals surface area (Å²) in [7, 11) is 0. The van der Waals surface area contributed by atoms with Gasteiger partial charge >= 0.3 is 0 Å². The first-order chi connectivity index (χ1) is 6.45. The third-order valence-electron chi connectivity index (χ3n) is 2.49. The molecule has 2 heteroatoms. The molecule has 0 radical (unpaired) electrons. The molecule has 1 heterocycles. The van der Waals surface area contributed by atoms with Gasteiger partial charge in [-0.05, 0) is 46.3 Å². The molecule has 0 aromatic heterocycles. The molecule has 0 atom stereocenters. The molecule has 0 aliphatic carbocycles. The third-order valence-corrected chi connectivity index (χ3v) is 2.49. The molecule has 0 amide bonds. The van der Waals surface area contributed by atoms with E-state index >= 15 is 0 Å². The van der Waals surface area contributed by atoms with Gasteiger partial charge in [-0.1, -0.05) is 6.08 Å². The lowest BCUT2D eigenvalue weighted by Gasteiger charge is -2.38. The van der Waals surface area contributed by atoms with Gasteiger partial charge in [0, 0.05) is 12.1 Å². The van der Waals surface area contributed by atoms with Crippen molar-refractivity contribution in [3.05, 3.63) is 23.5 Å². The molecule has 0 fully saturated rings. The van der Waals surface area contributed by atoms with Gasteiger partial charge in [-0.3, -0.25) is 4.90 Å². The Hall–Kier alpha value is -0.760. The molecule has 2 nitrogen and oxygen atoms in total. The van der Waals surface area contributed by atoms with Crippen LogP contribution in [-0.2, 0) is 4.74 Å². The Morgan fingerprint density at radius 3 is 2.43 bits per heavy atom. The quantitative estimate of drug-likeness (QED) is 0.638. The highest BCUT2D eigenvalue weighted by molar-refractivity contribution is 5.21. The second-order valence-corrected chi connectivity index (χ2v) is 4.79. The molecule has 1 aliphatic heterocycles. The SMILES string of the molecule is C/C=C\C1=C(C)CN(C(C)(C)C)CO1. The average Bonchev–Trinajstić information content (AvgIpc) is 2.07. The first kappa shape index (κ1) is 11.3. The van der Waals surface area contributed by atoms with Crippen molar-refractivity contribution in [1.29, 1.82) is 0 Å². The van der Waals surface area contributed by atoms with E-state index in [1.807, 2.05) is 19.1 Å². The fourth-order valence-corrected chi connectivity index (χ4v) is 1.45. The fourth-order valence-electron chi connectivity index (χ4n) is 1.45. The standard InChI is InChI=1S/C12H21NO/c1-6-7-11-10(2)8-13(9-14-11)12(3,4)5/h6-7H,8-9H2,1-5H3/b7-6-. The summed E-state index contributed by atoms with van der Waals surface area (Å²) in [5, 5.41) is 0. The maximum atomic E-state index is 5.69. The summed E-state index contributed by atoms with van der Waals surface area (Å²) in [6, 6.07) is 0. The van der Waals surface area contributed by atoms with Gasteiger partial charge in [-0.2, -0.15) is 0 Å². The molecule has 0 saturated carbocycles. The van der Waals surface area contributed by atoms with E-state index in [1.165, 1.54) is 5.57 Å². The Morgan fingerprint density at radius 1 is 1.36 bits per heavy atom. The second kappa shape index (κ2) is 4.18. The Labute approximate surface area is 87.2 Å². The van der Waals surface area contributed by atoms with Gasteiger partial charge < -0.3 is 4.74 Å². The molecule has 0 N–H and O–H groups in total. The topological polar surface area (TPSA) is 12.5 Å². The first-order valence-electron chi connectivity index (χ1n) is 5.15. The lowest BCUT2D eigenvalue weighted by Crippen LogP contribution is -2.45. The van der Waals surface area contributed by atoms with E-state index in [4.69, 9.17) is 4.74 Å². The van der Waals surface area contributed by atoms with Crippen molar-refractivity contribution in [1.82, 2.24) is 4.90 Å². The minimum absolute atomic E-state index is 0.183. The normalized spacial score (nSPS) is 20.4. The van der Waals surface area contributed by atoms with Gasteiger partial charge in [0.1, 0.15) is 12.5 Å². The molecule has 1 aliphatic rings. The summed E-state index contributed by atoms with van der Waals surface area (Å²) in [5.74, 6) is 1.04. The zero-order chi connectivity index (χ0) is 10.8. The maximum absolute atomic E-state index is 5.69. The van der Waals surface area contributed by atoms with E-state index < -0.39 is 0 Å². The molecular formula is C12H21NO. The highest BCUT2D eigenvalue weighted by atomic mass is 16.5. The van der Waals surface area contributed by atoms with Gasteiger partial charge in [0.15, 0.2) is 0 Å². The molecule has 0 aromatic rings. The van der Waals surface area contributed by atoms with Crippen LogP contribution >= 0.6 is 0 Å². The Kier molecular flexibility index (Phi) is 3.38. The summed E-state index contributed by atoms with van der Waals surface area (Å²) in [6.07, 6.45) is 4.06. The third kappa shape index (κ3) is 2.61.